The van der Waals surface area contributed by atoms with E-state index in [0.717, 1.165) is 31.2 Å². The summed E-state index contributed by atoms with van der Waals surface area (Å²) in [6, 6.07) is 8.53. The van der Waals surface area contributed by atoms with E-state index in [1.54, 1.807) is 0 Å². The molecule has 4 heteroatoms. The van der Waals surface area contributed by atoms with E-state index in [-0.39, 0.29) is 0 Å². The van der Waals surface area contributed by atoms with E-state index in [9.17, 15) is 0 Å². The third kappa shape index (κ3) is 3.42. The molecule has 1 saturated heterocycles. The Labute approximate surface area is 108 Å². The molecule has 17 heavy (non-hydrogen) atoms. The highest BCUT2D eigenvalue weighted by Gasteiger charge is 2.23. The summed E-state index contributed by atoms with van der Waals surface area (Å²) in [6.45, 7) is 4.89. The van der Waals surface area contributed by atoms with Crippen LogP contribution in [0, 0.1) is 0 Å². The van der Waals surface area contributed by atoms with Gasteiger partial charge in [-0.3, -0.25) is 4.90 Å². The van der Waals surface area contributed by atoms with E-state index in [2.05, 4.69) is 22.9 Å². The maximum absolute atomic E-state index is 6.00. The topological polar surface area (TPSA) is 32.5 Å². The molecule has 0 aliphatic carbocycles. The van der Waals surface area contributed by atoms with Crippen molar-refractivity contribution in [3.8, 4) is 0 Å². The maximum Gasteiger partial charge on any atom is 0.0409 e. The summed E-state index contributed by atoms with van der Waals surface area (Å²) in [6.07, 6.45) is 0. The molecule has 94 valence electrons. The molecule has 2 N–H and O–H groups in total. The van der Waals surface area contributed by atoms with Crippen molar-refractivity contribution in [3.05, 3.63) is 34.9 Å². The van der Waals surface area contributed by atoms with Gasteiger partial charge in [-0.1, -0.05) is 23.7 Å². The van der Waals surface area contributed by atoms with Crippen LogP contribution in [-0.2, 0) is 6.54 Å². The van der Waals surface area contributed by atoms with Crippen LogP contribution in [0.15, 0.2) is 24.3 Å². The summed E-state index contributed by atoms with van der Waals surface area (Å²) in [7, 11) is 2.15. The minimum atomic E-state index is 0.452. The normalized spacial score (nSPS) is 22.9. The predicted octanol–water partition coefficient (Wildman–Crippen LogP) is 1.41. The lowest BCUT2D eigenvalue weighted by molar-refractivity contribution is 0.0881. The van der Waals surface area contributed by atoms with Crippen molar-refractivity contribution < 1.29 is 0 Å². The van der Waals surface area contributed by atoms with Gasteiger partial charge in [-0.2, -0.15) is 0 Å². The molecule has 3 nitrogen and oxygen atoms in total. The van der Waals surface area contributed by atoms with E-state index in [1.165, 1.54) is 5.56 Å². The van der Waals surface area contributed by atoms with Gasteiger partial charge in [0, 0.05) is 43.8 Å². The van der Waals surface area contributed by atoms with Crippen LogP contribution >= 0.6 is 11.6 Å². The lowest BCUT2D eigenvalue weighted by Gasteiger charge is -2.39. The van der Waals surface area contributed by atoms with Crippen LogP contribution in [0.4, 0.5) is 0 Å². The van der Waals surface area contributed by atoms with Crippen molar-refractivity contribution in [3.63, 3.8) is 0 Å². The standard InChI is InChI=1S/C13H20ClN3/c1-16-5-6-17(13(8-15)10-16)9-11-3-2-4-12(14)7-11/h2-4,7,13H,5-6,8-10,15H2,1H3. The van der Waals surface area contributed by atoms with Gasteiger partial charge in [0.2, 0.25) is 0 Å². The summed E-state index contributed by atoms with van der Waals surface area (Å²) >= 11 is 6.00. The van der Waals surface area contributed by atoms with Gasteiger partial charge in [-0.05, 0) is 24.7 Å². The Hall–Kier alpha value is -0.610. The SMILES string of the molecule is CN1CCN(Cc2cccc(Cl)c2)C(CN)C1. The third-order valence-corrected chi connectivity index (χ3v) is 3.59. The van der Waals surface area contributed by atoms with Crippen molar-refractivity contribution in [2.75, 3.05) is 33.2 Å². The molecule has 0 radical (unpaired) electrons. The zero-order valence-electron chi connectivity index (χ0n) is 10.3. The number of likely N-dealkylation sites (N-methyl/N-ethyl adjacent to an activating group) is 1. The van der Waals surface area contributed by atoms with Crippen molar-refractivity contribution in [1.29, 1.82) is 0 Å². The summed E-state index contributed by atoms with van der Waals surface area (Å²) < 4.78 is 0. The number of hydrogen-bond acceptors (Lipinski definition) is 3. The van der Waals surface area contributed by atoms with Crippen LogP contribution in [0.1, 0.15) is 5.56 Å². The fourth-order valence-electron chi connectivity index (χ4n) is 2.35. The van der Waals surface area contributed by atoms with Crippen LogP contribution < -0.4 is 5.73 Å². The number of benzene rings is 1. The average Bonchev–Trinajstić information content (AvgIpc) is 2.31. The predicted molar refractivity (Wildman–Crippen MR) is 72.2 cm³/mol. The van der Waals surface area contributed by atoms with Gasteiger partial charge in [0.05, 0.1) is 0 Å². The minimum absolute atomic E-state index is 0.452. The highest BCUT2D eigenvalue weighted by atomic mass is 35.5. The summed E-state index contributed by atoms with van der Waals surface area (Å²) in [5.41, 5.74) is 7.11. The van der Waals surface area contributed by atoms with E-state index in [4.69, 9.17) is 17.3 Å². The zero-order valence-corrected chi connectivity index (χ0v) is 11.0. The highest BCUT2D eigenvalue weighted by molar-refractivity contribution is 6.30. The summed E-state index contributed by atoms with van der Waals surface area (Å²) in [5.74, 6) is 0. The van der Waals surface area contributed by atoms with Gasteiger partial charge >= 0.3 is 0 Å². The van der Waals surface area contributed by atoms with Crippen LogP contribution in [0.3, 0.4) is 0 Å². The van der Waals surface area contributed by atoms with E-state index >= 15 is 0 Å². The molecule has 1 unspecified atom stereocenters. The van der Waals surface area contributed by atoms with Crippen LogP contribution in [0.5, 0.6) is 0 Å². The second-order valence-corrected chi connectivity index (χ2v) is 5.19. The minimum Gasteiger partial charge on any atom is -0.329 e. The van der Waals surface area contributed by atoms with E-state index in [1.807, 2.05) is 18.2 Å². The molecule has 1 fully saturated rings. The highest BCUT2D eigenvalue weighted by Crippen LogP contribution is 2.16. The van der Waals surface area contributed by atoms with Crippen molar-refractivity contribution in [2.24, 2.45) is 5.73 Å². The van der Waals surface area contributed by atoms with Gasteiger partial charge in [0.1, 0.15) is 0 Å². The number of hydrogen-bond donors (Lipinski definition) is 1. The molecule has 1 aromatic carbocycles. The summed E-state index contributed by atoms with van der Waals surface area (Å²) in [4.78, 5) is 4.79. The monoisotopic (exact) mass is 253 g/mol. The molecule has 0 saturated carbocycles. The smallest absolute Gasteiger partial charge is 0.0409 e. The van der Waals surface area contributed by atoms with Crippen LogP contribution in [0.25, 0.3) is 0 Å². The van der Waals surface area contributed by atoms with Crippen molar-refractivity contribution in [1.82, 2.24) is 9.80 Å². The van der Waals surface area contributed by atoms with Gasteiger partial charge in [-0.25, -0.2) is 0 Å². The Balaban J connectivity index is 2.02. The average molecular weight is 254 g/mol. The quantitative estimate of drug-likeness (QED) is 0.884. The first-order valence-electron chi connectivity index (χ1n) is 6.06. The summed E-state index contributed by atoms with van der Waals surface area (Å²) in [5, 5.41) is 0.806. The molecule has 0 spiro atoms. The van der Waals surface area contributed by atoms with Crippen molar-refractivity contribution in [2.45, 2.75) is 12.6 Å². The molecule has 0 bridgehead atoms. The molecule has 1 aromatic rings. The Morgan fingerprint density at radius 1 is 1.41 bits per heavy atom. The molecule has 0 amide bonds. The fourth-order valence-corrected chi connectivity index (χ4v) is 2.56. The van der Waals surface area contributed by atoms with Gasteiger partial charge in [0.15, 0.2) is 0 Å². The Kier molecular flexibility index (Phi) is 4.40. The molecule has 1 heterocycles. The maximum atomic E-state index is 6.00. The first kappa shape index (κ1) is 12.8. The number of piperazine rings is 1. The fraction of sp³-hybridized carbons (Fsp3) is 0.538. The number of rotatable bonds is 3. The van der Waals surface area contributed by atoms with Gasteiger partial charge in [0.25, 0.3) is 0 Å². The van der Waals surface area contributed by atoms with Crippen molar-refractivity contribution >= 4 is 11.6 Å². The molecule has 0 aromatic heterocycles. The van der Waals surface area contributed by atoms with Gasteiger partial charge < -0.3 is 10.6 Å². The third-order valence-electron chi connectivity index (χ3n) is 3.35. The van der Waals surface area contributed by atoms with E-state index < -0.39 is 0 Å². The first-order valence-corrected chi connectivity index (χ1v) is 6.44. The number of nitrogens with two attached hydrogens (primary N) is 1. The van der Waals surface area contributed by atoms with Gasteiger partial charge in [-0.15, -0.1) is 0 Å². The second-order valence-electron chi connectivity index (χ2n) is 4.75. The van der Waals surface area contributed by atoms with Crippen LogP contribution in [-0.4, -0.2) is 49.1 Å². The molecule has 1 aliphatic rings. The second kappa shape index (κ2) is 5.83. The number of nitrogens with zero attached hydrogens (tertiary/aromatic N) is 2. The first-order chi connectivity index (χ1) is 8.19. The molecular formula is C13H20ClN3. The largest absolute Gasteiger partial charge is 0.329 e. The zero-order chi connectivity index (χ0) is 12.3. The van der Waals surface area contributed by atoms with Crippen LogP contribution in [0.2, 0.25) is 5.02 Å². The lowest BCUT2D eigenvalue weighted by Crippen LogP contribution is -2.54. The molecule has 2 rings (SSSR count). The Morgan fingerprint density at radius 2 is 2.24 bits per heavy atom. The Morgan fingerprint density at radius 3 is 2.94 bits per heavy atom. The number of halogens is 1. The molecular weight excluding hydrogens is 234 g/mol. The molecule has 1 aliphatic heterocycles. The molecule has 1 atom stereocenters. The van der Waals surface area contributed by atoms with E-state index in [0.29, 0.717) is 12.6 Å². The lowest BCUT2D eigenvalue weighted by atomic mass is 10.1. The Bertz CT molecular complexity index is 369.